The van der Waals surface area contributed by atoms with E-state index in [-0.39, 0.29) is 18.3 Å². The minimum absolute atomic E-state index is 0.145. The van der Waals surface area contributed by atoms with Gasteiger partial charge in [-0.15, -0.1) is 5.10 Å². The van der Waals surface area contributed by atoms with Gasteiger partial charge in [0.15, 0.2) is 0 Å². The van der Waals surface area contributed by atoms with Crippen LogP contribution < -0.4 is 10.4 Å². The third kappa shape index (κ3) is 4.50. The van der Waals surface area contributed by atoms with Crippen molar-refractivity contribution < 1.29 is 14.2 Å². The molecule has 9 nitrogen and oxygen atoms in total. The van der Waals surface area contributed by atoms with Crippen LogP contribution in [0.4, 0.5) is 4.39 Å². The topological polar surface area (TPSA) is 101 Å². The largest absolute Gasteiger partial charge is 0.497 e. The van der Waals surface area contributed by atoms with Crippen LogP contribution in [0.3, 0.4) is 0 Å². The summed E-state index contributed by atoms with van der Waals surface area (Å²) in [7, 11) is 1.47. The molecule has 4 aromatic rings. The number of H-pyrrole nitrogens is 1. The van der Waals surface area contributed by atoms with Gasteiger partial charge in [0.1, 0.15) is 17.4 Å². The molecule has 0 radical (unpaired) electrons. The molecule has 5 rings (SSSR count). The molecule has 1 fully saturated rings. The van der Waals surface area contributed by atoms with Gasteiger partial charge in [-0.05, 0) is 41.8 Å². The van der Waals surface area contributed by atoms with Crippen molar-refractivity contribution in [3.8, 4) is 22.6 Å². The average molecular weight is 465 g/mol. The fourth-order valence-electron chi connectivity index (χ4n) is 4.25. The molecule has 2 aromatic carbocycles. The van der Waals surface area contributed by atoms with Crippen LogP contribution in [0, 0.1) is 5.82 Å². The third-order valence-electron chi connectivity index (χ3n) is 6.00. The highest BCUT2D eigenvalue weighted by atomic mass is 19.1. The van der Waals surface area contributed by atoms with Crippen LogP contribution in [0.5, 0.6) is 5.75 Å². The number of ether oxygens (including phenoxy) is 1. The Bertz CT molecular complexity index is 1330. The normalized spacial score (nSPS) is 16.3. The van der Waals surface area contributed by atoms with E-state index in [0.717, 1.165) is 17.7 Å². The highest BCUT2D eigenvalue weighted by Crippen LogP contribution is 2.21. The molecule has 34 heavy (non-hydrogen) atoms. The number of aromatic nitrogens is 5. The number of hydrogen-bond acceptors (Lipinski definition) is 6. The van der Waals surface area contributed by atoms with Gasteiger partial charge in [0.2, 0.25) is 0 Å². The molecule has 2 N–H and O–H groups in total. The summed E-state index contributed by atoms with van der Waals surface area (Å²) in [5, 5.41) is 21.3. The van der Waals surface area contributed by atoms with E-state index in [1.165, 1.54) is 23.9 Å². The Labute approximate surface area is 195 Å². The van der Waals surface area contributed by atoms with Crippen LogP contribution in [0.2, 0.25) is 0 Å². The Hall–Kier alpha value is -3.76. The quantitative estimate of drug-likeness (QED) is 0.435. The van der Waals surface area contributed by atoms with E-state index >= 15 is 0 Å². The minimum Gasteiger partial charge on any atom is -0.497 e. The predicted molar refractivity (Wildman–Crippen MR) is 123 cm³/mol. The van der Waals surface area contributed by atoms with Gasteiger partial charge in [-0.1, -0.05) is 12.1 Å². The summed E-state index contributed by atoms with van der Waals surface area (Å²) in [4.78, 5) is 15.5. The summed E-state index contributed by atoms with van der Waals surface area (Å²) in [6.45, 7) is 1.79. The van der Waals surface area contributed by atoms with Gasteiger partial charge >= 0.3 is 5.69 Å². The van der Waals surface area contributed by atoms with Gasteiger partial charge < -0.3 is 9.84 Å². The Morgan fingerprint density at radius 3 is 2.68 bits per heavy atom. The number of aliphatic hydroxyl groups is 1. The number of likely N-dealkylation sites (tertiary alicyclic amines) is 1. The van der Waals surface area contributed by atoms with E-state index in [1.807, 2.05) is 24.3 Å². The summed E-state index contributed by atoms with van der Waals surface area (Å²) in [6, 6.07) is 11.8. The summed E-state index contributed by atoms with van der Waals surface area (Å²) in [5.74, 6) is 0.490. The molecule has 1 saturated heterocycles. The first kappa shape index (κ1) is 22.1. The Morgan fingerprint density at radius 1 is 1.18 bits per heavy atom. The number of nitrogens with zero attached hydrogens (tertiary/aromatic N) is 5. The van der Waals surface area contributed by atoms with Crippen LogP contribution in [0.15, 0.2) is 59.7 Å². The average Bonchev–Trinajstić information content (AvgIpc) is 3.57. The summed E-state index contributed by atoms with van der Waals surface area (Å²) in [6.07, 6.45) is 3.82. The lowest BCUT2D eigenvalue weighted by Gasteiger charge is -2.15. The van der Waals surface area contributed by atoms with Crippen LogP contribution >= 0.6 is 0 Å². The van der Waals surface area contributed by atoms with E-state index in [0.29, 0.717) is 42.3 Å². The van der Waals surface area contributed by atoms with Gasteiger partial charge in [-0.25, -0.2) is 9.18 Å². The second-order valence-corrected chi connectivity index (χ2v) is 8.41. The molecular weight excluding hydrogens is 439 g/mol. The lowest BCUT2D eigenvalue weighted by atomic mass is 10.1. The zero-order chi connectivity index (χ0) is 23.7. The summed E-state index contributed by atoms with van der Waals surface area (Å²) >= 11 is 0. The molecule has 1 unspecified atom stereocenters. The van der Waals surface area contributed by atoms with Crippen molar-refractivity contribution in [1.82, 2.24) is 29.4 Å². The van der Waals surface area contributed by atoms with Crippen molar-refractivity contribution in [3.63, 3.8) is 0 Å². The lowest BCUT2D eigenvalue weighted by molar-refractivity contribution is 0.173. The van der Waals surface area contributed by atoms with Crippen molar-refractivity contribution in [2.75, 3.05) is 20.2 Å². The monoisotopic (exact) mass is 464 g/mol. The van der Waals surface area contributed by atoms with E-state index in [4.69, 9.17) is 4.74 Å². The molecule has 1 aliphatic rings. The van der Waals surface area contributed by atoms with Crippen molar-refractivity contribution in [2.45, 2.75) is 25.6 Å². The first-order chi connectivity index (χ1) is 16.5. The van der Waals surface area contributed by atoms with Crippen LogP contribution in [-0.2, 0) is 13.1 Å². The summed E-state index contributed by atoms with van der Waals surface area (Å²) < 4.78 is 22.2. The second-order valence-electron chi connectivity index (χ2n) is 8.41. The van der Waals surface area contributed by atoms with Crippen molar-refractivity contribution >= 4 is 0 Å². The van der Waals surface area contributed by atoms with Crippen LogP contribution in [0.1, 0.15) is 17.8 Å². The molecule has 176 valence electrons. The smallest absolute Gasteiger partial charge is 0.351 e. The molecule has 0 spiro atoms. The predicted octanol–water partition coefficient (Wildman–Crippen LogP) is 2.19. The molecule has 10 heteroatoms. The Morgan fingerprint density at radius 2 is 2.00 bits per heavy atom. The number of aliphatic hydroxyl groups excluding tert-OH is 1. The van der Waals surface area contributed by atoms with Crippen molar-refractivity contribution in [1.29, 1.82) is 0 Å². The van der Waals surface area contributed by atoms with E-state index in [2.05, 4.69) is 20.2 Å². The highest BCUT2D eigenvalue weighted by Gasteiger charge is 2.24. The molecule has 1 atom stereocenters. The number of rotatable bonds is 7. The third-order valence-corrected chi connectivity index (χ3v) is 6.00. The molecule has 1 aliphatic heterocycles. The van der Waals surface area contributed by atoms with E-state index in [9.17, 15) is 14.3 Å². The first-order valence-corrected chi connectivity index (χ1v) is 11.0. The number of hydrogen-bond donors (Lipinski definition) is 2. The highest BCUT2D eigenvalue weighted by molar-refractivity contribution is 5.62. The molecular formula is C24H25FN6O3. The van der Waals surface area contributed by atoms with Gasteiger partial charge in [0.25, 0.3) is 0 Å². The molecule has 2 aromatic heterocycles. The maximum Gasteiger partial charge on any atom is 0.351 e. The Kier molecular flexibility index (Phi) is 5.99. The van der Waals surface area contributed by atoms with Gasteiger partial charge in [0, 0.05) is 30.9 Å². The summed E-state index contributed by atoms with van der Waals surface area (Å²) in [5.41, 5.74) is 2.79. The fourth-order valence-corrected chi connectivity index (χ4v) is 4.25. The zero-order valence-electron chi connectivity index (χ0n) is 18.7. The number of methoxy groups -OCH3 is 1. The zero-order valence-corrected chi connectivity index (χ0v) is 18.7. The Balaban J connectivity index is 1.51. The fraction of sp³-hybridized carbons (Fsp3) is 0.292. The molecule has 0 saturated carbocycles. The van der Waals surface area contributed by atoms with Crippen LogP contribution in [0.25, 0.3) is 16.8 Å². The second kappa shape index (κ2) is 9.24. The SMILES string of the molecule is COc1cc(F)cc(Cn2c(CN3CCC(O)C3)nn(-c3ccc(-c4cn[nH]c4)cc3)c2=O)c1. The maximum atomic E-state index is 14.1. The minimum atomic E-state index is -0.436. The number of aromatic amines is 1. The number of halogens is 1. The van der Waals surface area contributed by atoms with E-state index < -0.39 is 5.82 Å². The maximum absolute atomic E-state index is 14.1. The van der Waals surface area contributed by atoms with E-state index in [1.54, 1.807) is 23.0 Å². The molecule has 0 aliphatic carbocycles. The van der Waals surface area contributed by atoms with Crippen LogP contribution in [-0.4, -0.2) is 60.9 Å². The first-order valence-electron chi connectivity index (χ1n) is 11.0. The standard InChI is InChI=1S/C24H25FN6O3/c1-34-22-9-16(8-19(25)10-22)13-30-23(15-29-7-6-21(32)14-29)28-31(24(30)33)20-4-2-17(3-5-20)18-11-26-27-12-18/h2-5,8-12,21,32H,6-7,13-15H2,1H3,(H,26,27). The number of nitrogens with one attached hydrogen (secondary N) is 1. The van der Waals surface area contributed by atoms with Crippen molar-refractivity contribution in [2.24, 2.45) is 0 Å². The lowest BCUT2D eigenvalue weighted by Crippen LogP contribution is -2.27. The van der Waals surface area contributed by atoms with Gasteiger partial charge in [0.05, 0.1) is 38.2 Å². The van der Waals surface area contributed by atoms with Gasteiger partial charge in [-0.3, -0.25) is 14.6 Å². The van der Waals surface area contributed by atoms with Gasteiger partial charge in [-0.2, -0.15) is 9.78 Å². The molecule has 0 bridgehead atoms. The number of β-amino-alcohol motifs (C(OH)–C–C–N with tert-alkyl or cyclic N) is 1. The van der Waals surface area contributed by atoms with Crippen molar-refractivity contribution in [3.05, 3.63) is 82.5 Å². The number of benzene rings is 2. The molecule has 3 heterocycles. The molecule has 0 amide bonds.